The number of carboxylic acid groups (broad SMARTS) is 1. The number of nitrogens with zero attached hydrogens (tertiary/aromatic N) is 4. The predicted octanol–water partition coefficient (Wildman–Crippen LogP) is 2.57. The predicted molar refractivity (Wildman–Crippen MR) is 119 cm³/mol. The average molecular weight is 438 g/mol. The Morgan fingerprint density at radius 2 is 1.78 bits per heavy atom. The minimum absolute atomic E-state index is 0.117. The molecule has 3 aliphatic rings. The third-order valence-electron chi connectivity index (χ3n) is 7.12. The van der Waals surface area contributed by atoms with Crippen molar-refractivity contribution in [1.82, 2.24) is 9.97 Å². The third kappa shape index (κ3) is 3.61. The van der Waals surface area contributed by atoms with Gasteiger partial charge in [0, 0.05) is 31.0 Å². The molecule has 1 aromatic carbocycles. The largest absolute Gasteiger partial charge is 0.481 e. The number of benzene rings is 1. The molecule has 32 heavy (non-hydrogen) atoms. The molecular formula is C23H27N5O4. The van der Waals surface area contributed by atoms with Gasteiger partial charge in [-0.2, -0.15) is 0 Å². The van der Waals surface area contributed by atoms with E-state index in [2.05, 4.69) is 14.9 Å². The summed E-state index contributed by atoms with van der Waals surface area (Å²) in [7, 11) is 0. The lowest BCUT2D eigenvalue weighted by Crippen LogP contribution is -2.49. The summed E-state index contributed by atoms with van der Waals surface area (Å²) in [5.74, 6) is -0.733. The fourth-order valence-corrected chi connectivity index (χ4v) is 5.22. The summed E-state index contributed by atoms with van der Waals surface area (Å²) in [4.78, 5) is 36.4. The zero-order valence-corrected chi connectivity index (χ0v) is 17.9. The van der Waals surface area contributed by atoms with Gasteiger partial charge in [0.2, 0.25) is 5.88 Å². The van der Waals surface area contributed by atoms with Gasteiger partial charge >= 0.3 is 5.97 Å². The van der Waals surface area contributed by atoms with E-state index in [1.54, 1.807) is 4.90 Å². The van der Waals surface area contributed by atoms with E-state index in [-0.39, 0.29) is 34.5 Å². The van der Waals surface area contributed by atoms with E-state index in [4.69, 9.17) is 10.5 Å². The lowest BCUT2D eigenvalue weighted by atomic mass is 9.57. The zero-order valence-electron chi connectivity index (χ0n) is 17.9. The number of carbonyl (C=O) groups is 2. The fraction of sp³-hybridized carbons (Fsp3) is 0.478. The van der Waals surface area contributed by atoms with Gasteiger partial charge in [0.25, 0.3) is 5.91 Å². The number of anilines is 3. The molecule has 1 aliphatic carbocycles. The summed E-state index contributed by atoms with van der Waals surface area (Å²) < 4.78 is 5.59. The summed E-state index contributed by atoms with van der Waals surface area (Å²) in [6.45, 7) is 2.81. The van der Waals surface area contributed by atoms with Crippen molar-refractivity contribution in [2.75, 3.05) is 41.8 Å². The number of hydrogen-bond acceptors (Lipinski definition) is 7. The molecule has 0 bridgehead atoms. The van der Waals surface area contributed by atoms with Crippen molar-refractivity contribution in [1.29, 1.82) is 0 Å². The molecule has 3 N–H and O–H groups in total. The molecule has 1 saturated carbocycles. The Morgan fingerprint density at radius 3 is 2.47 bits per heavy atom. The minimum atomic E-state index is -0.657. The molecule has 0 radical (unpaired) electrons. The fourth-order valence-electron chi connectivity index (χ4n) is 5.22. The lowest BCUT2D eigenvalue weighted by Gasteiger charge is -2.51. The summed E-state index contributed by atoms with van der Waals surface area (Å²) >= 11 is 0. The first kappa shape index (κ1) is 20.5. The van der Waals surface area contributed by atoms with E-state index in [1.807, 2.05) is 24.3 Å². The SMILES string of the molecule is Nc1ncnc2c1C(=O)N(c1ccc(N3CCC4(CC3)CC(C(=O)O)C4)cc1)CCCO2. The Balaban J connectivity index is 1.28. The van der Waals surface area contributed by atoms with Gasteiger partial charge in [-0.15, -0.1) is 0 Å². The topological polar surface area (TPSA) is 122 Å². The van der Waals surface area contributed by atoms with Crippen molar-refractivity contribution in [3.63, 3.8) is 0 Å². The van der Waals surface area contributed by atoms with Crippen molar-refractivity contribution in [3.05, 3.63) is 36.2 Å². The van der Waals surface area contributed by atoms with Crippen LogP contribution in [-0.2, 0) is 4.79 Å². The number of ether oxygens (including phenoxy) is 1. The van der Waals surface area contributed by atoms with Crippen molar-refractivity contribution < 1.29 is 19.4 Å². The number of nitrogen functional groups attached to an aromatic ring is 1. The first-order valence-corrected chi connectivity index (χ1v) is 11.1. The summed E-state index contributed by atoms with van der Waals surface area (Å²) in [5, 5.41) is 9.17. The second kappa shape index (κ2) is 7.96. The molecule has 9 heteroatoms. The van der Waals surface area contributed by atoms with Crippen LogP contribution in [0.1, 0.15) is 42.5 Å². The van der Waals surface area contributed by atoms with Crippen molar-refractivity contribution in [2.45, 2.75) is 32.1 Å². The van der Waals surface area contributed by atoms with Crippen LogP contribution in [0.3, 0.4) is 0 Å². The molecular weight excluding hydrogens is 410 g/mol. The van der Waals surface area contributed by atoms with E-state index in [0.29, 0.717) is 19.6 Å². The highest BCUT2D eigenvalue weighted by Crippen LogP contribution is 2.53. The van der Waals surface area contributed by atoms with Gasteiger partial charge in [-0.05, 0) is 61.8 Å². The van der Waals surface area contributed by atoms with Gasteiger partial charge in [0.1, 0.15) is 17.7 Å². The number of rotatable bonds is 3. The van der Waals surface area contributed by atoms with Crippen LogP contribution in [0, 0.1) is 11.3 Å². The molecule has 0 unspecified atom stereocenters. The molecule has 9 nitrogen and oxygen atoms in total. The molecule has 0 atom stereocenters. The van der Waals surface area contributed by atoms with Crippen molar-refractivity contribution in [2.24, 2.45) is 11.3 Å². The molecule has 1 spiro atoms. The molecule has 1 aromatic heterocycles. The number of carbonyl (C=O) groups excluding carboxylic acids is 1. The Labute approximate surface area is 186 Å². The van der Waals surface area contributed by atoms with Crippen molar-refractivity contribution in [3.8, 4) is 5.88 Å². The highest BCUT2D eigenvalue weighted by atomic mass is 16.5. The van der Waals surface area contributed by atoms with Crippen LogP contribution in [0.25, 0.3) is 0 Å². The van der Waals surface area contributed by atoms with E-state index in [9.17, 15) is 14.7 Å². The first-order chi connectivity index (χ1) is 15.5. The monoisotopic (exact) mass is 437 g/mol. The molecule has 168 valence electrons. The second-order valence-corrected chi connectivity index (χ2v) is 9.04. The number of hydrogen-bond donors (Lipinski definition) is 2. The number of aromatic nitrogens is 2. The third-order valence-corrected chi connectivity index (χ3v) is 7.12. The number of aliphatic carboxylic acids is 1. The van der Waals surface area contributed by atoms with Crippen LogP contribution in [0.2, 0.25) is 0 Å². The maximum absolute atomic E-state index is 13.2. The van der Waals surface area contributed by atoms with Gasteiger partial charge < -0.3 is 25.4 Å². The number of fused-ring (bicyclic) bond motifs is 1. The van der Waals surface area contributed by atoms with Crippen LogP contribution in [0.4, 0.5) is 17.2 Å². The first-order valence-electron chi connectivity index (χ1n) is 11.1. The number of nitrogens with two attached hydrogens (primary N) is 1. The van der Waals surface area contributed by atoms with E-state index in [0.717, 1.165) is 50.1 Å². The molecule has 3 heterocycles. The molecule has 2 aromatic rings. The maximum Gasteiger partial charge on any atom is 0.306 e. The highest BCUT2D eigenvalue weighted by molar-refractivity contribution is 6.10. The molecule has 1 saturated heterocycles. The standard InChI is InChI=1S/C23H27N5O4/c24-19-18-20(26-14-25-19)32-11-1-8-28(21(18)29)17-4-2-16(3-5-17)27-9-6-23(7-10-27)12-15(13-23)22(30)31/h2-5,14-15H,1,6-13H2,(H,30,31)(H2,24,25,26). The van der Waals surface area contributed by atoms with Gasteiger partial charge in [-0.3, -0.25) is 9.59 Å². The molecule has 2 fully saturated rings. The lowest BCUT2D eigenvalue weighted by molar-refractivity contribution is -0.151. The van der Waals surface area contributed by atoms with Gasteiger partial charge in [0.15, 0.2) is 0 Å². The van der Waals surface area contributed by atoms with Gasteiger partial charge in [-0.1, -0.05) is 0 Å². The van der Waals surface area contributed by atoms with Gasteiger partial charge in [-0.25, -0.2) is 9.97 Å². The Hall–Kier alpha value is -3.36. The maximum atomic E-state index is 13.2. The van der Waals surface area contributed by atoms with Crippen LogP contribution in [0.15, 0.2) is 30.6 Å². The number of piperidine rings is 1. The normalized spacial score (nSPS) is 20.7. The Bertz CT molecular complexity index is 1030. The molecule has 2 aliphatic heterocycles. The Kier molecular flexibility index (Phi) is 5.11. The summed E-state index contributed by atoms with van der Waals surface area (Å²) in [5.41, 5.74) is 8.29. The smallest absolute Gasteiger partial charge is 0.306 e. The molecule has 5 rings (SSSR count). The van der Waals surface area contributed by atoms with E-state index >= 15 is 0 Å². The highest BCUT2D eigenvalue weighted by Gasteiger charge is 2.48. The molecule has 1 amide bonds. The van der Waals surface area contributed by atoms with E-state index < -0.39 is 5.97 Å². The van der Waals surface area contributed by atoms with Crippen LogP contribution in [-0.4, -0.2) is 53.2 Å². The summed E-state index contributed by atoms with van der Waals surface area (Å²) in [6, 6.07) is 8.01. The van der Waals surface area contributed by atoms with E-state index in [1.165, 1.54) is 6.33 Å². The van der Waals surface area contributed by atoms with Gasteiger partial charge in [0.05, 0.1) is 12.5 Å². The van der Waals surface area contributed by atoms with Crippen molar-refractivity contribution >= 4 is 29.1 Å². The minimum Gasteiger partial charge on any atom is -0.481 e. The Morgan fingerprint density at radius 1 is 1.09 bits per heavy atom. The van der Waals surface area contributed by atoms with Crippen LogP contribution in [0.5, 0.6) is 5.88 Å². The number of carboxylic acids is 1. The summed E-state index contributed by atoms with van der Waals surface area (Å²) in [6.07, 6.45) is 5.66. The van der Waals surface area contributed by atoms with Crippen LogP contribution < -0.4 is 20.3 Å². The zero-order chi connectivity index (χ0) is 22.3. The second-order valence-electron chi connectivity index (χ2n) is 9.04. The average Bonchev–Trinajstić information content (AvgIpc) is 2.76. The quantitative estimate of drug-likeness (QED) is 0.751. The van der Waals surface area contributed by atoms with Crippen LogP contribution >= 0.6 is 0 Å². The number of amides is 1.